The Morgan fingerprint density at radius 1 is 0.762 bits per heavy atom. The topological polar surface area (TPSA) is 140 Å². The molecule has 0 bridgehead atoms. The van der Waals surface area contributed by atoms with Crippen LogP contribution in [-0.2, 0) is 20.2 Å². The summed E-state index contributed by atoms with van der Waals surface area (Å²) in [5.41, 5.74) is 5.80. The number of anilines is 1. The van der Waals surface area contributed by atoms with Crippen LogP contribution in [0.5, 0.6) is 0 Å². The first-order valence-corrected chi connectivity index (χ1v) is 7.66. The molecule has 2 N–H and O–H groups in total. The van der Waals surface area contributed by atoms with Gasteiger partial charge in [0.1, 0.15) is 20.2 Å². The Morgan fingerprint density at radius 2 is 1.19 bits per heavy atom. The Labute approximate surface area is 207 Å². The molecule has 2 aromatic rings. The van der Waals surface area contributed by atoms with Crippen molar-refractivity contribution in [3.8, 4) is 0 Å². The van der Waals surface area contributed by atoms with E-state index in [0.29, 0.717) is 5.69 Å². The van der Waals surface area contributed by atoms with E-state index in [1.54, 1.807) is 0 Å². The van der Waals surface area contributed by atoms with Crippen molar-refractivity contribution in [3.63, 3.8) is 0 Å². The Kier molecular flexibility index (Phi) is 8.73. The van der Waals surface area contributed by atoms with E-state index in [1.807, 2.05) is 0 Å². The first kappa shape index (κ1) is 22.6. The molecule has 0 heterocycles. The number of nitrogen functional groups attached to an aromatic ring is 1. The summed E-state index contributed by atoms with van der Waals surface area (Å²) in [6.07, 6.45) is 0. The molecule has 0 radical (unpaired) electrons. The Bertz CT molecular complexity index is 880. The molecule has 0 fully saturated rings. The average molecular weight is 379 g/mol. The number of hydrogen-bond acceptors (Lipinski definition) is 7. The second kappa shape index (κ2) is 8.11. The van der Waals surface area contributed by atoms with Crippen molar-refractivity contribution in [1.82, 2.24) is 0 Å². The number of rotatable bonds is 2. The van der Waals surface area contributed by atoms with E-state index < -0.39 is 30.0 Å². The van der Waals surface area contributed by atoms with Crippen molar-refractivity contribution < 1.29 is 129 Å². The summed E-state index contributed by atoms with van der Waals surface area (Å²) in [6.45, 7) is 0. The largest absolute Gasteiger partial charge is 1.00 e. The molecule has 0 aliphatic carbocycles. The molecular weight excluding hydrogens is 372 g/mol. The summed E-state index contributed by atoms with van der Waals surface area (Å²) >= 11 is 0. The SMILES string of the molecule is Nc1ccc2cc(S(=O)(=O)[O-])c(S(=O)(=O)[O-])cc2c1.[K+].[K+]. The maximum atomic E-state index is 11.0. The summed E-state index contributed by atoms with van der Waals surface area (Å²) < 4.78 is 66.2. The molecule has 0 aliphatic heterocycles. The molecule has 0 aromatic heterocycles. The molecule has 21 heavy (non-hydrogen) atoms. The number of hydrogen-bond donors (Lipinski definition) is 1. The van der Waals surface area contributed by atoms with Crippen LogP contribution < -0.4 is 109 Å². The van der Waals surface area contributed by atoms with Crippen molar-refractivity contribution in [2.45, 2.75) is 9.79 Å². The van der Waals surface area contributed by atoms with Crippen molar-refractivity contribution in [1.29, 1.82) is 0 Å². The molecule has 0 aliphatic rings. The van der Waals surface area contributed by atoms with Crippen LogP contribution in [0.3, 0.4) is 0 Å². The van der Waals surface area contributed by atoms with Crippen molar-refractivity contribution in [3.05, 3.63) is 30.3 Å². The fourth-order valence-electron chi connectivity index (χ4n) is 1.67. The van der Waals surface area contributed by atoms with Gasteiger partial charge in [-0.2, -0.15) is 0 Å². The van der Waals surface area contributed by atoms with E-state index in [9.17, 15) is 25.9 Å². The molecule has 102 valence electrons. The molecule has 2 rings (SSSR count). The zero-order chi connectivity index (χ0) is 14.4. The summed E-state index contributed by atoms with van der Waals surface area (Å²) in [5.74, 6) is 0. The third kappa shape index (κ3) is 5.57. The maximum absolute atomic E-state index is 11.0. The van der Waals surface area contributed by atoms with E-state index in [2.05, 4.69) is 0 Å². The van der Waals surface area contributed by atoms with Gasteiger partial charge in [0.25, 0.3) is 0 Å². The van der Waals surface area contributed by atoms with Crippen LogP contribution in [0.4, 0.5) is 5.69 Å². The maximum Gasteiger partial charge on any atom is 1.00 e. The minimum Gasteiger partial charge on any atom is -0.744 e. The van der Waals surface area contributed by atoms with Gasteiger partial charge in [0.2, 0.25) is 0 Å². The van der Waals surface area contributed by atoms with Crippen LogP contribution in [0.1, 0.15) is 0 Å². The summed E-state index contributed by atoms with van der Waals surface area (Å²) in [4.78, 5) is -2.12. The van der Waals surface area contributed by atoms with Gasteiger partial charge in [0.05, 0.1) is 9.79 Å². The monoisotopic (exact) mass is 379 g/mol. The second-order valence-electron chi connectivity index (χ2n) is 3.81. The van der Waals surface area contributed by atoms with Gasteiger partial charge in [0, 0.05) is 5.69 Å². The van der Waals surface area contributed by atoms with Gasteiger partial charge < -0.3 is 14.8 Å². The van der Waals surface area contributed by atoms with Gasteiger partial charge in [-0.15, -0.1) is 0 Å². The molecule has 7 nitrogen and oxygen atoms in total. The second-order valence-corrected chi connectivity index (χ2v) is 6.51. The minimum absolute atomic E-state index is 0. The van der Waals surface area contributed by atoms with Crippen LogP contribution in [0.15, 0.2) is 40.1 Å². The van der Waals surface area contributed by atoms with E-state index in [0.717, 1.165) is 12.1 Å². The van der Waals surface area contributed by atoms with Crippen molar-refractivity contribution >= 4 is 36.7 Å². The van der Waals surface area contributed by atoms with E-state index in [4.69, 9.17) is 5.73 Å². The standard InChI is InChI=1S/C10H9NO6S2.2K/c11-8-2-1-6-4-9(18(12,13)14)10(19(15,16)17)5-7(6)3-8;;/h1-5H,11H2,(H,12,13,14)(H,15,16,17);;/q;2*+1/p-2. The summed E-state index contributed by atoms with van der Waals surface area (Å²) in [6, 6.07) is 5.92. The molecule has 0 saturated heterocycles. The minimum atomic E-state index is -5.09. The van der Waals surface area contributed by atoms with Gasteiger partial charge in [0.15, 0.2) is 0 Å². The van der Waals surface area contributed by atoms with Gasteiger partial charge in [-0.1, -0.05) is 6.07 Å². The first-order chi connectivity index (χ1) is 8.59. The van der Waals surface area contributed by atoms with Gasteiger partial charge in [-0.25, -0.2) is 16.8 Å². The molecule has 2 aromatic carbocycles. The average Bonchev–Trinajstić information content (AvgIpc) is 2.24. The van der Waals surface area contributed by atoms with Crippen molar-refractivity contribution in [2.75, 3.05) is 5.73 Å². The molecular formula is C10H7K2NO6S2. The Morgan fingerprint density at radius 3 is 1.62 bits per heavy atom. The van der Waals surface area contributed by atoms with E-state index >= 15 is 0 Å². The van der Waals surface area contributed by atoms with E-state index in [-0.39, 0.29) is 114 Å². The van der Waals surface area contributed by atoms with Gasteiger partial charge in [-0.05, 0) is 35.0 Å². The summed E-state index contributed by atoms with van der Waals surface area (Å²) in [5, 5.41) is 0.540. The third-order valence-corrected chi connectivity index (χ3v) is 4.35. The molecule has 0 atom stereocenters. The quantitative estimate of drug-likeness (QED) is 0.311. The number of benzene rings is 2. The molecule has 0 spiro atoms. The smallest absolute Gasteiger partial charge is 0.744 e. The first-order valence-electron chi connectivity index (χ1n) is 4.84. The zero-order valence-electron chi connectivity index (χ0n) is 11.2. The van der Waals surface area contributed by atoms with Crippen LogP contribution in [0.25, 0.3) is 10.8 Å². The van der Waals surface area contributed by atoms with Crippen LogP contribution in [-0.4, -0.2) is 25.9 Å². The van der Waals surface area contributed by atoms with Gasteiger partial charge >= 0.3 is 103 Å². The van der Waals surface area contributed by atoms with Gasteiger partial charge in [-0.3, -0.25) is 0 Å². The Balaban J connectivity index is 0.00000200. The molecule has 11 heteroatoms. The van der Waals surface area contributed by atoms with Crippen LogP contribution in [0.2, 0.25) is 0 Å². The Hall–Kier alpha value is 1.59. The predicted molar refractivity (Wildman–Crippen MR) is 64.3 cm³/mol. The normalized spacial score (nSPS) is 11.5. The number of fused-ring (bicyclic) bond motifs is 1. The fraction of sp³-hybridized carbons (Fsp3) is 0. The van der Waals surface area contributed by atoms with Crippen LogP contribution in [0, 0.1) is 0 Å². The number of nitrogens with two attached hydrogens (primary N) is 1. The predicted octanol–water partition coefficient (Wildman–Crippen LogP) is -5.76. The third-order valence-electron chi connectivity index (χ3n) is 2.47. The fourth-order valence-corrected chi connectivity index (χ4v) is 3.43. The zero-order valence-corrected chi connectivity index (χ0v) is 19.1. The van der Waals surface area contributed by atoms with E-state index in [1.165, 1.54) is 18.2 Å². The molecule has 0 amide bonds. The molecule has 0 saturated carbocycles. The molecule has 0 unspecified atom stereocenters. The summed E-state index contributed by atoms with van der Waals surface area (Å²) in [7, 11) is -10.2. The van der Waals surface area contributed by atoms with Crippen LogP contribution >= 0.6 is 0 Å². The van der Waals surface area contributed by atoms with Crippen molar-refractivity contribution in [2.24, 2.45) is 0 Å².